The van der Waals surface area contributed by atoms with E-state index in [1.54, 1.807) is 19.2 Å². The fourth-order valence-corrected chi connectivity index (χ4v) is 4.79. The number of hydrogen-bond acceptors (Lipinski definition) is 8. The molecule has 2 aromatic carbocycles. The van der Waals surface area contributed by atoms with Crippen molar-refractivity contribution in [2.24, 2.45) is 0 Å². The van der Waals surface area contributed by atoms with Crippen LogP contribution in [0.3, 0.4) is 0 Å². The van der Waals surface area contributed by atoms with Crippen molar-refractivity contribution in [3.05, 3.63) is 82.1 Å². The van der Waals surface area contributed by atoms with Crippen LogP contribution in [-0.4, -0.2) is 59.4 Å². The van der Waals surface area contributed by atoms with Crippen molar-refractivity contribution < 1.29 is 14.7 Å². The number of aliphatic hydroxyl groups excluding tert-OH is 1. The van der Waals surface area contributed by atoms with E-state index in [1.165, 1.54) is 15.9 Å². The first-order valence-corrected chi connectivity index (χ1v) is 13.3. The largest absolute Gasteiger partial charge is 0.394 e. The van der Waals surface area contributed by atoms with Crippen LogP contribution >= 0.6 is 11.6 Å². The van der Waals surface area contributed by atoms with Gasteiger partial charge in [0.1, 0.15) is 6.04 Å². The second-order valence-electron chi connectivity index (χ2n) is 9.57. The molecular formula is C28H29ClN8O3. The first-order chi connectivity index (χ1) is 19.3. The molecule has 0 saturated carbocycles. The number of nitrogens with one attached hydrogen (secondary N) is 2. The van der Waals surface area contributed by atoms with Gasteiger partial charge in [-0.1, -0.05) is 53.6 Å². The Morgan fingerprint density at radius 1 is 1.20 bits per heavy atom. The molecule has 0 fully saturated rings. The summed E-state index contributed by atoms with van der Waals surface area (Å²) in [6.45, 7) is 6.22. The summed E-state index contributed by atoms with van der Waals surface area (Å²) < 4.78 is 0. The van der Waals surface area contributed by atoms with E-state index in [2.05, 4.69) is 30.8 Å². The van der Waals surface area contributed by atoms with Crippen molar-refractivity contribution in [1.82, 2.24) is 35.2 Å². The van der Waals surface area contributed by atoms with E-state index in [0.717, 1.165) is 16.7 Å². The van der Waals surface area contributed by atoms with E-state index in [1.807, 2.05) is 50.2 Å². The number of anilines is 2. The quantitative estimate of drug-likeness (QED) is 0.282. The standard InChI is InChI=1S/C28H29ClN8O3/c1-4-37-31-13-24(35-37)33-28-30-12-22(29)25(34-28)19-8-9-20-14-36(27(40)21(20)11-19)17(3)26(39)32-23(15-38)18-7-5-6-16(2)10-18/h5-13,17,23,38H,4,14-15H2,1-3H3,(H,32,39)(H,30,33,34,35)/t17-,23-/m1/s1. The Bertz CT molecular complexity index is 1570. The second kappa shape index (κ2) is 11.4. The molecule has 0 aliphatic carbocycles. The van der Waals surface area contributed by atoms with Crippen LogP contribution in [0, 0.1) is 6.92 Å². The number of aliphatic hydroxyl groups is 1. The van der Waals surface area contributed by atoms with Gasteiger partial charge in [0.15, 0.2) is 5.82 Å². The summed E-state index contributed by atoms with van der Waals surface area (Å²) in [5, 5.41) is 24.5. The van der Waals surface area contributed by atoms with Crippen molar-refractivity contribution in [1.29, 1.82) is 0 Å². The normalized spacial score (nSPS) is 14.1. The Morgan fingerprint density at radius 2 is 2.02 bits per heavy atom. The summed E-state index contributed by atoms with van der Waals surface area (Å²) in [7, 11) is 0. The third kappa shape index (κ3) is 5.51. The monoisotopic (exact) mass is 560 g/mol. The summed E-state index contributed by atoms with van der Waals surface area (Å²) in [5.41, 5.74) is 4.18. The van der Waals surface area contributed by atoms with Gasteiger partial charge in [-0.2, -0.15) is 9.90 Å². The fourth-order valence-electron chi connectivity index (χ4n) is 4.59. The van der Waals surface area contributed by atoms with Crippen LogP contribution in [0.1, 0.15) is 46.9 Å². The van der Waals surface area contributed by atoms with Crippen LogP contribution in [0.5, 0.6) is 0 Å². The van der Waals surface area contributed by atoms with Crippen LogP contribution < -0.4 is 10.6 Å². The number of fused-ring (bicyclic) bond motifs is 1. The highest BCUT2D eigenvalue weighted by Gasteiger charge is 2.35. The summed E-state index contributed by atoms with van der Waals surface area (Å²) in [5.74, 6) is 0.160. The molecule has 0 spiro atoms. The van der Waals surface area contributed by atoms with Gasteiger partial charge in [-0.15, -0.1) is 5.10 Å². The van der Waals surface area contributed by atoms with E-state index in [9.17, 15) is 14.7 Å². The van der Waals surface area contributed by atoms with Crippen LogP contribution in [-0.2, 0) is 17.9 Å². The van der Waals surface area contributed by atoms with E-state index in [0.29, 0.717) is 34.2 Å². The highest BCUT2D eigenvalue weighted by Crippen LogP contribution is 2.32. The molecule has 3 heterocycles. The number of aryl methyl sites for hydroxylation is 2. The van der Waals surface area contributed by atoms with Crippen molar-refractivity contribution in [3.8, 4) is 11.3 Å². The molecule has 12 heteroatoms. The Morgan fingerprint density at radius 3 is 2.75 bits per heavy atom. The van der Waals surface area contributed by atoms with Gasteiger partial charge < -0.3 is 20.6 Å². The molecule has 2 aromatic heterocycles. The number of halogens is 1. The van der Waals surface area contributed by atoms with Gasteiger partial charge in [-0.05, 0) is 38.0 Å². The Balaban J connectivity index is 1.33. The van der Waals surface area contributed by atoms with Crippen LogP contribution in [0.2, 0.25) is 5.02 Å². The maximum absolute atomic E-state index is 13.4. The van der Waals surface area contributed by atoms with Crippen LogP contribution in [0.15, 0.2) is 54.9 Å². The number of benzene rings is 2. The van der Waals surface area contributed by atoms with Crippen molar-refractivity contribution in [3.63, 3.8) is 0 Å². The molecule has 0 unspecified atom stereocenters. The van der Waals surface area contributed by atoms with Gasteiger partial charge >= 0.3 is 0 Å². The average Bonchev–Trinajstić information content (AvgIpc) is 3.55. The number of hydrogen-bond donors (Lipinski definition) is 3. The molecule has 5 rings (SSSR count). The Labute approximate surface area is 236 Å². The van der Waals surface area contributed by atoms with Crippen molar-refractivity contribution >= 4 is 35.2 Å². The molecule has 0 bridgehead atoms. The summed E-state index contributed by atoms with van der Waals surface area (Å²) in [4.78, 5) is 38.4. The minimum atomic E-state index is -0.753. The van der Waals surface area contributed by atoms with E-state index < -0.39 is 12.1 Å². The summed E-state index contributed by atoms with van der Waals surface area (Å²) in [6.07, 6.45) is 3.06. The third-order valence-corrected chi connectivity index (χ3v) is 7.09. The number of aromatic nitrogens is 5. The third-order valence-electron chi connectivity index (χ3n) is 6.81. The molecule has 11 nitrogen and oxygen atoms in total. The lowest BCUT2D eigenvalue weighted by Crippen LogP contribution is -2.46. The Hall–Kier alpha value is -4.35. The number of rotatable bonds is 9. The molecular weight excluding hydrogens is 532 g/mol. The second-order valence-corrected chi connectivity index (χ2v) is 9.98. The molecule has 4 aromatic rings. The zero-order valence-corrected chi connectivity index (χ0v) is 23.1. The van der Waals surface area contributed by atoms with Crippen LogP contribution in [0.25, 0.3) is 11.3 Å². The molecule has 0 radical (unpaired) electrons. The molecule has 1 aliphatic rings. The van der Waals surface area contributed by atoms with Gasteiger partial charge in [0.25, 0.3) is 5.91 Å². The SMILES string of the molecule is CCn1ncc(Nc2ncc(Cl)c(-c3ccc4c(c3)C(=O)N([C@H](C)C(=O)N[C@H](CO)c3cccc(C)c3)C4)n2)n1. The molecule has 0 saturated heterocycles. The predicted octanol–water partition coefficient (Wildman–Crippen LogP) is 3.65. The average molecular weight is 561 g/mol. The summed E-state index contributed by atoms with van der Waals surface area (Å²) in [6, 6.07) is 11.7. The van der Waals surface area contributed by atoms with Gasteiger partial charge in [0.2, 0.25) is 11.9 Å². The highest BCUT2D eigenvalue weighted by atomic mass is 35.5. The summed E-state index contributed by atoms with van der Waals surface area (Å²) >= 11 is 6.44. The fraction of sp³-hybridized carbons (Fsp3) is 0.286. The zero-order valence-electron chi connectivity index (χ0n) is 22.3. The lowest BCUT2D eigenvalue weighted by atomic mass is 10.0. The minimum absolute atomic E-state index is 0.257. The van der Waals surface area contributed by atoms with E-state index in [-0.39, 0.29) is 30.9 Å². The maximum Gasteiger partial charge on any atom is 0.255 e. The number of carbonyl (C=O) groups excluding carboxylic acids is 2. The Kier molecular flexibility index (Phi) is 7.76. The molecule has 1 aliphatic heterocycles. The van der Waals surface area contributed by atoms with Crippen molar-refractivity contribution in [2.45, 2.75) is 45.9 Å². The van der Waals surface area contributed by atoms with Gasteiger partial charge in [-0.25, -0.2) is 9.97 Å². The molecule has 2 amide bonds. The number of carbonyl (C=O) groups is 2. The topological polar surface area (TPSA) is 138 Å². The van der Waals surface area contributed by atoms with E-state index in [4.69, 9.17) is 11.6 Å². The lowest BCUT2D eigenvalue weighted by Gasteiger charge is -2.26. The lowest BCUT2D eigenvalue weighted by molar-refractivity contribution is -0.126. The molecule has 2 atom stereocenters. The van der Waals surface area contributed by atoms with Gasteiger partial charge in [0.05, 0.1) is 42.3 Å². The molecule has 206 valence electrons. The first kappa shape index (κ1) is 27.2. The predicted molar refractivity (Wildman–Crippen MR) is 150 cm³/mol. The first-order valence-electron chi connectivity index (χ1n) is 12.9. The van der Waals surface area contributed by atoms with Crippen LogP contribution in [0.4, 0.5) is 11.8 Å². The van der Waals surface area contributed by atoms with Gasteiger partial charge in [-0.3, -0.25) is 9.59 Å². The maximum atomic E-state index is 13.4. The van der Waals surface area contributed by atoms with E-state index >= 15 is 0 Å². The zero-order chi connectivity index (χ0) is 28.4. The molecule has 3 N–H and O–H groups in total. The van der Waals surface area contributed by atoms with Gasteiger partial charge in [0, 0.05) is 17.7 Å². The van der Waals surface area contributed by atoms with Crippen molar-refractivity contribution in [2.75, 3.05) is 11.9 Å². The number of amides is 2. The number of nitrogens with zero attached hydrogens (tertiary/aromatic N) is 6. The highest BCUT2D eigenvalue weighted by molar-refractivity contribution is 6.33. The molecule has 40 heavy (non-hydrogen) atoms. The minimum Gasteiger partial charge on any atom is -0.394 e. The smallest absolute Gasteiger partial charge is 0.255 e.